The number of anilines is 2. The third-order valence-electron chi connectivity index (χ3n) is 1.42. The minimum atomic E-state index is -0.440. The van der Waals surface area contributed by atoms with E-state index in [9.17, 15) is 4.79 Å². The van der Waals surface area contributed by atoms with Gasteiger partial charge in [0, 0.05) is 7.05 Å². The fourth-order valence-electron chi connectivity index (χ4n) is 0.760. The van der Waals surface area contributed by atoms with Crippen LogP contribution < -0.4 is 16.4 Å². The Kier molecular flexibility index (Phi) is 2.68. The largest absolute Gasteiger partial charge is 0.390 e. The predicted molar refractivity (Wildman–Crippen MR) is 45.9 cm³/mol. The molecule has 1 unspecified atom stereocenters. The lowest BCUT2D eigenvalue weighted by Crippen LogP contribution is -2.35. The van der Waals surface area contributed by atoms with E-state index in [1.807, 2.05) is 0 Å². The summed E-state index contributed by atoms with van der Waals surface area (Å²) < 4.78 is 4.81. The van der Waals surface area contributed by atoms with Gasteiger partial charge in [0.1, 0.15) is 6.04 Å². The SMILES string of the molecule is CNC(=O)C(C)Nc1nnc(N)o1. The van der Waals surface area contributed by atoms with Crippen LogP contribution in [-0.2, 0) is 4.79 Å². The number of nitrogens with zero attached hydrogens (tertiary/aromatic N) is 2. The number of hydrogen-bond acceptors (Lipinski definition) is 6. The number of hydrogen-bond donors (Lipinski definition) is 3. The van der Waals surface area contributed by atoms with Gasteiger partial charge in [-0.05, 0) is 6.92 Å². The van der Waals surface area contributed by atoms with Crippen molar-refractivity contribution in [2.75, 3.05) is 18.1 Å². The van der Waals surface area contributed by atoms with Crippen molar-refractivity contribution >= 4 is 17.9 Å². The van der Waals surface area contributed by atoms with Gasteiger partial charge in [0.2, 0.25) is 5.91 Å². The monoisotopic (exact) mass is 185 g/mol. The molecule has 0 aromatic carbocycles. The first-order chi connectivity index (χ1) is 6.13. The molecule has 0 aliphatic heterocycles. The molecule has 72 valence electrons. The van der Waals surface area contributed by atoms with E-state index in [1.54, 1.807) is 14.0 Å². The van der Waals surface area contributed by atoms with Gasteiger partial charge in [-0.15, -0.1) is 0 Å². The van der Waals surface area contributed by atoms with Gasteiger partial charge in [-0.25, -0.2) is 0 Å². The second kappa shape index (κ2) is 3.74. The van der Waals surface area contributed by atoms with Crippen molar-refractivity contribution < 1.29 is 9.21 Å². The van der Waals surface area contributed by atoms with Crippen LogP contribution in [0, 0.1) is 0 Å². The van der Waals surface area contributed by atoms with Crippen LogP contribution in [0.2, 0.25) is 0 Å². The van der Waals surface area contributed by atoms with Crippen LogP contribution in [0.1, 0.15) is 6.92 Å². The van der Waals surface area contributed by atoms with Crippen LogP contribution in [0.3, 0.4) is 0 Å². The molecule has 1 aromatic rings. The van der Waals surface area contributed by atoms with E-state index >= 15 is 0 Å². The van der Waals surface area contributed by atoms with E-state index in [1.165, 1.54) is 0 Å². The van der Waals surface area contributed by atoms with E-state index in [4.69, 9.17) is 10.2 Å². The molecule has 0 spiro atoms. The van der Waals surface area contributed by atoms with Crippen LogP contribution in [0.4, 0.5) is 12.0 Å². The Bertz CT molecular complexity index is 297. The summed E-state index contributed by atoms with van der Waals surface area (Å²) in [6.45, 7) is 1.67. The first-order valence-electron chi connectivity index (χ1n) is 3.70. The summed E-state index contributed by atoms with van der Waals surface area (Å²) in [5, 5.41) is 12.1. The number of nitrogens with two attached hydrogens (primary N) is 1. The maximum atomic E-state index is 11.0. The fraction of sp³-hybridized carbons (Fsp3) is 0.500. The van der Waals surface area contributed by atoms with E-state index in [0.29, 0.717) is 0 Å². The highest BCUT2D eigenvalue weighted by molar-refractivity contribution is 5.83. The van der Waals surface area contributed by atoms with E-state index < -0.39 is 6.04 Å². The van der Waals surface area contributed by atoms with Crippen molar-refractivity contribution in [3.63, 3.8) is 0 Å². The summed E-state index contributed by atoms with van der Waals surface area (Å²) in [6, 6.07) is -0.343. The van der Waals surface area contributed by atoms with Gasteiger partial charge < -0.3 is 20.8 Å². The van der Waals surface area contributed by atoms with Gasteiger partial charge in [-0.2, -0.15) is 0 Å². The third kappa shape index (κ3) is 2.32. The summed E-state index contributed by atoms with van der Waals surface area (Å²) in [6.07, 6.45) is 0. The van der Waals surface area contributed by atoms with Gasteiger partial charge in [0.25, 0.3) is 0 Å². The molecule has 7 nitrogen and oxygen atoms in total. The molecule has 4 N–H and O–H groups in total. The molecule has 1 rings (SSSR count). The molecular weight excluding hydrogens is 174 g/mol. The van der Waals surface area contributed by atoms with Gasteiger partial charge >= 0.3 is 12.0 Å². The zero-order chi connectivity index (χ0) is 9.84. The highest BCUT2D eigenvalue weighted by Crippen LogP contribution is 2.07. The van der Waals surface area contributed by atoms with Gasteiger partial charge in [-0.3, -0.25) is 4.79 Å². The molecule has 0 bridgehead atoms. The molecular formula is C6H11N5O2. The maximum absolute atomic E-state index is 11.0. The van der Waals surface area contributed by atoms with Gasteiger partial charge in [-0.1, -0.05) is 10.2 Å². The maximum Gasteiger partial charge on any atom is 0.317 e. The van der Waals surface area contributed by atoms with Crippen LogP contribution in [0.5, 0.6) is 0 Å². The van der Waals surface area contributed by atoms with Crippen molar-refractivity contribution in [3.8, 4) is 0 Å². The zero-order valence-corrected chi connectivity index (χ0v) is 7.37. The number of carbonyl (C=O) groups is 1. The summed E-state index contributed by atoms with van der Waals surface area (Å²) >= 11 is 0. The Morgan fingerprint density at radius 2 is 2.31 bits per heavy atom. The number of nitrogen functional groups attached to an aromatic ring is 1. The molecule has 0 fully saturated rings. The van der Waals surface area contributed by atoms with Crippen LogP contribution >= 0.6 is 0 Å². The van der Waals surface area contributed by atoms with Gasteiger partial charge in [0.05, 0.1) is 0 Å². The number of likely N-dealkylation sites (N-methyl/N-ethyl adjacent to an activating group) is 1. The highest BCUT2D eigenvalue weighted by Gasteiger charge is 2.13. The minimum Gasteiger partial charge on any atom is -0.390 e. The lowest BCUT2D eigenvalue weighted by molar-refractivity contribution is -0.121. The van der Waals surface area contributed by atoms with E-state index in [2.05, 4.69) is 20.8 Å². The highest BCUT2D eigenvalue weighted by atomic mass is 16.4. The van der Waals surface area contributed by atoms with Gasteiger partial charge in [0.15, 0.2) is 0 Å². The van der Waals surface area contributed by atoms with Crippen molar-refractivity contribution in [2.45, 2.75) is 13.0 Å². The molecule has 0 saturated carbocycles. The standard InChI is InChI=1S/C6H11N5O2/c1-3(4(12)8-2)9-6-11-10-5(7)13-6/h3H,1-2H3,(H2,7,10)(H,8,12)(H,9,11). The molecule has 1 heterocycles. The number of rotatable bonds is 3. The average molecular weight is 185 g/mol. The number of nitrogens with one attached hydrogen (secondary N) is 2. The van der Waals surface area contributed by atoms with Crippen LogP contribution in [0.15, 0.2) is 4.42 Å². The second-order valence-corrected chi connectivity index (χ2v) is 2.43. The van der Waals surface area contributed by atoms with Crippen molar-refractivity contribution in [2.24, 2.45) is 0 Å². The average Bonchev–Trinajstić information content (AvgIpc) is 2.49. The summed E-state index contributed by atoms with van der Waals surface area (Å²) in [5.41, 5.74) is 5.18. The molecule has 0 aliphatic carbocycles. The molecule has 1 atom stereocenters. The van der Waals surface area contributed by atoms with Crippen LogP contribution in [0.25, 0.3) is 0 Å². The Hall–Kier alpha value is -1.79. The molecule has 1 aromatic heterocycles. The number of carbonyl (C=O) groups excluding carboxylic acids is 1. The quantitative estimate of drug-likeness (QED) is 0.569. The lowest BCUT2D eigenvalue weighted by Gasteiger charge is -2.08. The molecule has 0 saturated heterocycles. The smallest absolute Gasteiger partial charge is 0.317 e. The minimum absolute atomic E-state index is 0.0355. The van der Waals surface area contributed by atoms with Crippen molar-refractivity contribution in [1.29, 1.82) is 0 Å². The summed E-state index contributed by atoms with van der Waals surface area (Å²) in [5.74, 6) is -0.170. The van der Waals surface area contributed by atoms with Crippen LogP contribution in [-0.4, -0.2) is 29.2 Å². The van der Waals surface area contributed by atoms with E-state index in [0.717, 1.165) is 0 Å². The Morgan fingerprint density at radius 3 is 2.77 bits per heavy atom. The second-order valence-electron chi connectivity index (χ2n) is 2.43. The van der Waals surface area contributed by atoms with Crippen molar-refractivity contribution in [3.05, 3.63) is 0 Å². The zero-order valence-electron chi connectivity index (χ0n) is 7.37. The van der Waals surface area contributed by atoms with Crippen molar-refractivity contribution in [1.82, 2.24) is 15.5 Å². The molecule has 0 radical (unpaired) electrons. The van der Waals surface area contributed by atoms with E-state index in [-0.39, 0.29) is 17.9 Å². The molecule has 7 heteroatoms. The Balaban J connectivity index is 2.54. The normalized spacial score (nSPS) is 12.2. The lowest BCUT2D eigenvalue weighted by atomic mass is 10.3. The Labute approximate surface area is 74.7 Å². The predicted octanol–water partition coefficient (Wildman–Crippen LogP) is -0.802. The number of aromatic nitrogens is 2. The summed E-state index contributed by atoms with van der Waals surface area (Å²) in [4.78, 5) is 11.0. The first-order valence-corrected chi connectivity index (χ1v) is 3.70. The molecule has 0 aliphatic rings. The number of amides is 1. The topological polar surface area (TPSA) is 106 Å². The molecule has 13 heavy (non-hydrogen) atoms. The fourth-order valence-corrected chi connectivity index (χ4v) is 0.760. The summed E-state index contributed by atoms with van der Waals surface area (Å²) in [7, 11) is 1.54. The third-order valence-corrected chi connectivity index (χ3v) is 1.42. The first kappa shape index (κ1) is 9.30. The Morgan fingerprint density at radius 1 is 1.62 bits per heavy atom. The molecule has 1 amide bonds.